The van der Waals surface area contributed by atoms with Crippen molar-refractivity contribution in [3.8, 4) is 12.3 Å². The van der Waals surface area contributed by atoms with Gasteiger partial charge in [0, 0.05) is 0 Å². The summed E-state index contributed by atoms with van der Waals surface area (Å²) in [7, 11) is 0. The maximum absolute atomic E-state index is 10.8. The summed E-state index contributed by atoms with van der Waals surface area (Å²) < 4.78 is 0. The largest absolute Gasteiger partial charge is 0.325 e. The van der Waals surface area contributed by atoms with Crippen LogP contribution >= 0.6 is 0 Å². The summed E-state index contributed by atoms with van der Waals surface area (Å²) in [4.78, 5) is 22.8. The Morgan fingerprint density at radius 2 is 2.36 bits per heavy atom. The lowest BCUT2D eigenvalue weighted by molar-refractivity contribution is -0.120. The highest BCUT2D eigenvalue weighted by molar-refractivity contribution is 6.04. The van der Waals surface area contributed by atoms with E-state index in [1.54, 1.807) is 0 Å². The van der Waals surface area contributed by atoms with E-state index in [-0.39, 0.29) is 6.54 Å². The fourth-order valence-corrected chi connectivity index (χ4v) is 0.824. The predicted molar refractivity (Wildman–Crippen MR) is 38.2 cm³/mol. The number of carbonyl (C=O) groups excluding carboxylic acids is 2. The van der Waals surface area contributed by atoms with Gasteiger partial charge in [0.15, 0.2) is 0 Å². The molecule has 0 aromatic carbocycles. The van der Waals surface area contributed by atoms with Gasteiger partial charge in [-0.25, -0.2) is 4.79 Å². The monoisotopic (exact) mass is 151 g/mol. The molecule has 0 bridgehead atoms. The molecule has 0 spiro atoms. The highest BCUT2D eigenvalue weighted by Crippen LogP contribution is 2.05. The van der Waals surface area contributed by atoms with Gasteiger partial charge in [-0.15, -0.1) is 6.42 Å². The van der Waals surface area contributed by atoms with Gasteiger partial charge in [0.25, 0.3) is 5.91 Å². The minimum absolute atomic E-state index is 0.117. The molecule has 0 aliphatic carbocycles. The SMILES string of the molecule is C#CCN1C(=O)NC(=O)C1[CH2]. The highest BCUT2D eigenvalue weighted by Gasteiger charge is 2.33. The molecule has 1 unspecified atom stereocenters. The van der Waals surface area contributed by atoms with Gasteiger partial charge < -0.3 is 4.90 Å². The molecular weight excluding hydrogens is 144 g/mol. The average Bonchev–Trinajstić information content (AvgIpc) is 2.17. The van der Waals surface area contributed by atoms with Crippen molar-refractivity contribution in [2.45, 2.75) is 6.04 Å². The zero-order chi connectivity index (χ0) is 8.43. The number of hydrogen-bond donors (Lipinski definition) is 1. The van der Waals surface area contributed by atoms with Crippen LogP contribution < -0.4 is 5.32 Å². The molecule has 1 saturated heterocycles. The first kappa shape index (κ1) is 7.61. The summed E-state index contributed by atoms with van der Waals surface area (Å²) in [6.45, 7) is 3.58. The summed E-state index contributed by atoms with van der Waals surface area (Å²) in [5.41, 5.74) is 0. The average molecular weight is 151 g/mol. The lowest BCUT2D eigenvalue weighted by Gasteiger charge is -2.13. The van der Waals surface area contributed by atoms with Crippen LogP contribution in [0.3, 0.4) is 0 Å². The Hall–Kier alpha value is -1.50. The maximum Gasteiger partial charge on any atom is 0.325 e. The molecule has 0 aromatic heterocycles. The molecular formula is C7H7N2O2. The third kappa shape index (κ3) is 1.17. The van der Waals surface area contributed by atoms with Crippen LogP contribution in [0.4, 0.5) is 4.79 Å². The van der Waals surface area contributed by atoms with Crippen molar-refractivity contribution in [3.05, 3.63) is 6.92 Å². The molecule has 1 rings (SSSR count). The number of amides is 3. The summed E-state index contributed by atoms with van der Waals surface area (Å²) in [6.07, 6.45) is 4.97. The quantitative estimate of drug-likeness (QED) is 0.401. The Morgan fingerprint density at radius 1 is 1.73 bits per heavy atom. The number of carbonyl (C=O) groups is 2. The first-order chi connectivity index (χ1) is 5.16. The molecule has 3 amide bonds. The van der Waals surface area contributed by atoms with Crippen LogP contribution in [0, 0.1) is 19.3 Å². The van der Waals surface area contributed by atoms with E-state index in [1.165, 1.54) is 4.90 Å². The van der Waals surface area contributed by atoms with E-state index in [1.807, 2.05) is 0 Å². The summed E-state index contributed by atoms with van der Waals surface area (Å²) >= 11 is 0. The minimum Gasteiger partial charge on any atom is -0.301 e. The molecule has 1 N–H and O–H groups in total. The number of imide groups is 1. The van der Waals surface area contributed by atoms with E-state index in [0.29, 0.717) is 0 Å². The third-order valence-electron chi connectivity index (χ3n) is 1.43. The van der Waals surface area contributed by atoms with Gasteiger partial charge in [-0.2, -0.15) is 0 Å². The molecule has 0 aromatic rings. The number of rotatable bonds is 1. The Kier molecular flexibility index (Phi) is 1.81. The van der Waals surface area contributed by atoms with E-state index >= 15 is 0 Å². The molecule has 1 aliphatic heterocycles. The summed E-state index contributed by atoms with van der Waals surface area (Å²) in [5.74, 6) is 1.87. The predicted octanol–water partition coefficient (Wildman–Crippen LogP) is -0.626. The zero-order valence-corrected chi connectivity index (χ0v) is 5.83. The van der Waals surface area contributed by atoms with E-state index in [2.05, 4.69) is 18.2 Å². The lowest BCUT2D eigenvalue weighted by Crippen LogP contribution is -2.33. The first-order valence-electron chi connectivity index (χ1n) is 3.05. The zero-order valence-electron chi connectivity index (χ0n) is 5.83. The van der Waals surface area contributed by atoms with Crippen molar-refractivity contribution in [2.24, 2.45) is 0 Å². The lowest BCUT2D eigenvalue weighted by atomic mass is 10.3. The van der Waals surface area contributed by atoms with Crippen LogP contribution in [0.1, 0.15) is 0 Å². The van der Waals surface area contributed by atoms with E-state index < -0.39 is 18.0 Å². The molecule has 4 nitrogen and oxygen atoms in total. The van der Waals surface area contributed by atoms with Gasteiger partial charge in [0.1, 0.15) is 6.04 Å². The summed E-state index contributed by atoms with van der Waals surface area (Å²) in [6, 6.07) is -1.15. The molecule has 1 radical (unpaired) electrons. The summed E-state index contributed by atoms with van der Waals surface area (Å²) in [5, 5.41) is 2.09. The Balaban J connectivity index is 2.73. The molecule has 1 fully saturated rings. The van der Waals surface area contributed by atoms with Gasteiger partial charge in [0.2, 0.25) is 0 Å². The van der Waals surface area contributed by atoms with Crippen molar-refractivity contribution in [3.63, 3.8) is 0 Å². The topological polar surface area (TPSA) is 49.4 Å². The molecule has 1 atom stereocenters. The van der Waals surface area contributed by atoms with Crippen molar-refractivity contribution in [1.29, 1.82) is 0 Å². The van der Waals surface area contributed by atoms with Crippen molar-refractivity contribution < 1.29 is 9.59 Å². The van der Waals surface area contributed by atoms with Crippen LogP contribution in [0.15, 0.2) is 0 Å². The number of nitrogens with zero attached hydrogens (tertiary/aromatic N) is 1. The second-order valence-corrected chi connectivity index (χ2v) is 2.14. The number of nitrogens with one attached hydrogen (secondary N) is 1. The Morgan fingerprint density at radius 3 is 2.73 bits per heavy atom. The van der Waals surface area contributed by atoms with Gasteiger partial charge in [0.05, 0.1) is 6.54 Å². The number of terminal acetylenes is 1. The van der Waals surface area contributed by atoms with Gasteiger partial charge >= 0.3 is 6.03 Å². The normalized spacial score (nSPS) is 23.3. The van der Waals surface area contributed by atoms with Gasteiger partial charge in [-0.3, -0.25) is 10.1 Å². The second kappa shape index (κ2) is 2.62. The van der Waals surface area contributed by atoms with Crippen LogP contribution in [0.2, 0.25) is 0 Å². The smallest absolute Gasteiger partial charge is 0.301 e. The van der Waals surface area contributed by atoms with Crippen LogP contribution in [0.5, 0.6) is 0 Å². The van der Waals surface area contributed by atoms with E-state index in [9.17, 15) is 9.59 Å². The molecule has 0 saturated carbocycles. The van der Waals surface area contributed by atoms with Gasteiger partial charge in [-0.05, 0) is 6.92 Å². The van der Waals surface area contributed by atoms with Crippen LogP contribution in [0.25, 0.3) is 0 Å². The molecule has 57 valence electrons. The molecule has 11 heavy (non-hydrogen) atoms. The van der Waals surface area contributed by atoms with Gasteiger partial charge in [-0.1, -0.05) is 5.92 Å². The third-order valence-corrected chi connectivity index (χ3v) is 1.43. The van der Waals surface area contributed by atoms with Crippen molar-refractivity contribution in [2.75, 3.05) is 6.54 Å². The fraction of sp³-hybridized carbons (Fsp3) is 0.286. The second-order valence-electron chi connectivity index (χ2n) is 2.14. The maximum atomic E-state index is 10.8. The first-order valence-corrected chi connectivity index (χ1v) is 3.05. The standard InChI is InChI=1S/C7H7N2O2/c1-3-4-9-5(2)6(10)8-7(9)11/h1,5H,2,4H2,(H,8,10,11). The number of hydrogen-bond acceptors (Lipinski definition) is 2. The molecule has 1 heterocycles. The number of urea groups is 1. The van der Waals surface area contributed by atoms with Crippen LogP contribution in [-0.4, -0.2) is 29.4 Å². The van der Waals surface area contributed by atoms with Crippen molar-refractivity contribution in [1.82, 2.24) is 10.2 Å². The fourth-order valence-electron chi connectivity index (χ4n) is 0.824. The molecule has 4 heteroatoms. The van der Waals surface area contributed by atoms with Crippen molar-refractivity contribution >= 4 is 11.9 Å². The minimum atomic E-state index is -0.682. The van der Waals surface area contributed by atoms with Crippen LogP contribution in [-0.2, 0) is 4.79 Å². The van der Waals surface area contributed by atoms with E-state index in [0.717, 1.165) is 0 Å². The highest BCUT2D eigenvalue weighted by atomic mass is 16.2. The molecule has 1 aliphatic rings. The van der Waals surface area contributed by atoms with E-state index in [4.69, 9.17) is 6.42 Å². The Labute approximate surface area is 64.6 Å². The Bertz CT molecular complexity index is 241.